The lowest BCUT2D eigenvalue weighted by Crippen LogP contribution is -2.27. The van der Waals surface area contributed by atoms with Gasteiger partial charge in [-0.05, 0) is 23.6 Å². The van der Waals surface area contributed by atoms with Gasteiger partial charge in [0.2, 0.25) is 0 Å². The van der Waals surface area contributed by atoms with Crippen LogP contribution in [0, 0.1) is 5.92 Å². The van der Waals surface area contributed by atoms with Crippen LogP contribution in [0.5, 0.6) is 0 Å². The lowest BCUT2D eigenvalue weighted by molar-refractivity contribution is 0.0136. The summed E-state index contributed by atoms with van der Waals surface area (Å²) in [7, 11) is 0. The summed E-state index contributed by atoms with van der Waals surface area (Å²) < 4.78 is 5.89. The Balaban J connectivity index is 2.04. The molecule has 2 rings (SSSR count). The van der Waals surface area contributed by atoms with Crippen molar-refractivity contribution in [2.75, 3.05) is 6.54 Å². The first-order valence-electron chi connectivity index (χ1n) is 5.31. The summed E-state index contributed by atoms with van der Waals surface area (Å²) in [6.45, 7) is 5.19. The molecule has 1 aliphatic rings. The lowest BCUT2D eigenvalue weighted by atomic mass is 10.1. The molecule has 1 aromatic carbocycles. The van der Waals surface area contributed by atoms with E-state index in [1.165, 1.54) is 5.56 Å². The highest BCUT2D eigenvalue weighted by molar-refractivity contribution is 6.30. The molecule has 0 radical (unpaired) electrons. The number of halogens is 1. The van der Waals surface area contributed by atoms with E-state index in [1.54, 1.807) is 0 Å². The largest absolute Gasteiger partial charge is 0.354 e. The predicted molar refractivity (Wildman–Crippen MR) is 61.9 cm³/mol. The molecule has 2 unspecified atom stereocenters. The number of rotatable bonds is 2. The van der Waals surface area contributed by atoms with Gasteiger partial charge in [0, 0.05) is 11.6 Å². The maximum absolute atomic E-state index is 5.89. The molecule has 0 spiro atoms. The van der Waals surface area contributed by atoms with E-state index in [1.807, 2.05) is 24.3 Å². The van der Waals surface area contributed by atoms with Gasteiger partial charge in [-0.1, -0.05) is 37.6 Å². The first kappa shape index (κ1) is 10.9. The highest BCUT2D eigenvalue weighted by Gasteiger charge is 2.27. The quantitative estimate of drug-likeness (QED) is 0.836. The number of ether oxygens (including phenoxy) is 1. The van der Waals surface area contributed by atoms with Crippen LogP contribution in [-0.4, -0.2) is 12.8 Å². The average molecular weight is 226 g/mol. The van der Waals surface area contributed by atoms with Crippen molar-refractivity contribution in [1.29, 1.82) is 0 Å². The van der Waals surface area contributed by atoms with E-state index < -0.39 is 0 Å². The highest BCUT2D eigenvalue weighted by atomic mass is 35.5. The molecule has 2 atom stereocenters. The van der Waals surface area contributed by atoms with Crippen molar-refractivity contribution in [3.05, 3.63) is 34.9 Å². The van der Waals surface area contributed by atoms with Crippen LogP contribution < -0.4 is 5.32 Å². The van der Waals surface area contributed by atoms with Crippen molar-refractivity contribution in [3.8, 4) is 0 Å². The van der Waals surface area contributed by atoms with Gasteiger partial charge in [-0.25, -0.2) is 0 Å². The van der Waals surface area contributed by atoms with Crippen LogP contribution >= 0.6 is 11.6 Å². The number of benzene rings is 1. The zero-order valence-corrected chi connectivity index (χ0v) is 9.79. The standard InChI is InChI=1S/C12H16ClNO/c1-8(2)12-14-7-11(15-12)9-3-5-10(13)6-4-9/h3-6,8,11-12,14H,7H2,1-2H3. The minimum absolute atomic E-state index is 0.162. The van der Waals surface area contributed by atoms with Gasteiger partial charge in [0.15, 0.2) is 0 Å². The Kier molecular flexibility index (Phi) is 3.29. The molecular weight excluding hydrogens is 210 g/mol. The first-order valence-corrected chi connectivity index (χ1v) is 5.69. The van der Waals surface area contributed by atoms with E-state index in [0.717, 1.165) is 11.6 Å². The molecular formula is C12H16ClNO. The van der Waals surface area contributed by atoms with Crippen LogP contribution in [0.1, 0.15) is 25.5 Å². The number of hydrogen-bond acceptors (Lipinski definition) is 2. The summed E-state index contributed by atoms with van der Waals surface area (Å²) in [5, 5.41) is 4.13. The number of nitrogens with one attached hydrogen (secondary N) is 1. The summed E-state index contributed by atoms with van der Waals surface area (Å²) in [4.78, 5) is 0. The van der Waals surface area contributed by atoms with Crippen LogP contribution in [0.3, 0.4) is 0 Å². The second-order valence-corrected chi connectivity index (χ2v) is 4.69. The zero-order valence-electron chi connectivity index (χ0n) is 9.03. The van der Waals surface area contributed by atoms with E-state index in [2.05, 4.69) is 19.2 Å². The van der Waals surface area contributed by atoms with Crippen LogP contribution in [0.25, 0.3) is 0 Å². The van der Waals surface area contributed by atoms with Gasteiger partial charge in [0.05, 0.1) is 6.10 Å². The molecule has 3 heteroatoms. The normalized spacial score (nSPS) is 26.1. The van der Waals surface area contributed by atoms with Crippen LogP contribution in [0.15, 0.2) is 24.3 Å². The summed E-state index contributed by atoms with van der Waals surface area (Å²) in [5.41, 5.74) is 1.19. The second kappa shape index (κ2) is 4.52. The van der Waals surface area contributed by atoms with Gasteiger partial charge in [-0.15, -0.1) is 0 Å². The molecule has 1 aromatic rings. The topological polar surface area (TPSA) is 21.3 Å². The van der Waals surface area contributed by atoms with Gasteiger partial charge >= 0.3 is 0 Å². The predicted octanol–water partition coefficient (Wildman–Crippen LogP) is 2.98. The highest BCUT2D eigenvalue weighted by Crippen LogP contribution is 2.26. The van der Waals surface area contributed by atoms with Crippen molar-refractivity contribution >= 4 is 11.6 Å². The maximum atomic E-state index is 5.89. The van der Waals surface area contributed by atoms with Crippen LogP contribution in [0.2, 0.25) is 5.02 Å². The van der Waals surface area contributed by atoms with Crippen molar-refractivity contribution in [2.45, 2.75) is 26.2 Å². The molecule has 2 nitrogen and oxygen atoms in total. The van der Waals surface area contributed by atoms with Crippen molar-refractivity contribution in [1.82, 2.24) is 5.32 Å². The third-order valence-electron chi connectivity index (χ3n) is 2.66. The third-order valence-corrected chi connectivity index (χ3v) is 2.91. The lowest BCUT2D eigenvalue weighted by Gasteiger charge is -2.15. The zero-order chi connectivity index (χ0) is 10.8. The van der Waals surface area contributed by atoms with Crippen LogP contribution in [0.4, 0.5) is 0 Å². The van der Waals surface area contributed by atoms with Gasteiger partial charge < -0.3 is 4.74 Å². The summed E-state index contributed by atoms with van der Waals surface area (Å²) in [6, 6.07) is 7.86. The Bertz CT molecular complexity index is 323. The van der Waals surface area contributed by atoms with Gasteiger partial charge in [-0.2, -0.15) is 0 Å². The van der Waals surface area contributed by atoms with E-state index in [0.29, 0.717) is 5.92 Å². The van der Waals surface area contributed by atoms with Crippen LogP contribution in [-0.2, 0) is 4.74 Å². The molecule has 1 aliphatic heterocycles. The van der Waals surface area contributed by atoms with E-state index >= 15 is 0 Å². The molecule has 0 amide bonds. The third kappa shape index (κ3) is 2.51. The van der Waals surface area contributed by atoms with E-state index in [4.69, 9.17) is 16.3 Å². The molecule has 0 aromatic heterocycles. The molecule has 1 fully saturated rings. The van der Waals surface area contributed by atoms with Gasteiger partial charge in [0.1, 0.15) is 6.23 Å². The van der Waals surface area contributed by atoms with Crippen molar-refractivity contribution in [3.63, 3.8) is 0 Å². The summed E-state index contributed by atoms with van der Waals surface area (Å²) in [6.07, 6.45) is 0.334. The Morgan fingerprint density at radius 3 is 2.53 bits per heavy atom. The molecule has 0 saturated carbocycles. The molecule has 82 valence electrons. The maximum Gasteiger partial charge on any atom is 0.111 e. The van der Waals surface area contributed by atoms with E-state index in [9.17, 15) is 0 Å². The molecule has 1 heterocycles. The second-order valence-electron chi connectivity index (χ2n) is 4.25. The molecule has 1 N–H and O–H groups in total. The fourth-order valence-electron chi connectivity index (χ4n) is 1.76. The molecule has 0 bridgehead atoms. The Morgan fingerprint density at radius 1 is 1.33 bits per heavy atom. The minimum atomic E-state index is 0.162. The SMILES string of the molecule is CC(C)C1NCC(c2ccc(Cl)cc2)O1. The summed E-state index contributed by atoms with van der Waals surface area (Å²) in [5.74, 6) is 0.502. The Hall–Kier alpha value is -0.570. The van der Waals surface area contributed by atoms with Crippen molar-refractivity contribution < 1.29 is 4.74 Å². The summed E-state index contributed by atoms with van der Waals surface area (Å²) >= 11 is 5.84. The Morgan fingerprint density at radius 2 is 2.00 bits per heavy atom. The smallest absolute Gasteiger partial charge is 0.111 e. The number of hydrogen-bond donors (Lipinski definition) is 1. The minimum Gasteiger partial charge on any atom is -0.354 e. The molecule has 1 saturated heterocycles. The monoisotopic (exact) mass is 225 g/mol. The fraction of sp³-hybridized carbons (Fsp3) is 0.500. The molecule has 15 heavy (non-hydrogen) atoms. The van der Waals surface area contributed by atoms with Gasteiger partial charge in [0.25, 0.3) is 0 Å². The average Bonchev–Trinajstić information content (AvgIpc) is 2.68. The van der Waals surface area contributed by atoms with E-state index in [-0.39, 0.29) is 12.3 Å². The molecule has 0 aliphatic carbocycles. The van der Waals surface area contributed by atoms with Crippen molar-refractivity contribution in [2.24, 2.45) is 5.92 Å². The Labute approximate surface area is 95.6 Å². The van der Waals surface area contributed by atoms with Gasteiger partial charge in [-0.3, -0.25) is 5.32 Å². The first-order chi connectivity index (χ1) is 7.16. The fourth-order valence-corrected chi connectivity index (χ4v) is 1.89.